The van der Waals surface area contributed by atoms with Crippen molar-refractivity contribution in [2.24, 2.45) is 10.8 Å². The van der Waals surface area contributed by atoms with Crippen LogP contribution in [0, 0.1) is 10.8 Å². The number of ketones is 1. The van der Waals surface area contributed by atoms with Crippen LogP contribution in [0.25, 0.3) is 11.0 Å². The number of hydrogen-bond donors (Lipinski definition) is 0. The second-order valence-electron chi connectivity index (χ2n) is 13.8. The van der Waals surface area contributed by atoms with Crippen molar-refractivity contribution in [2.45, 2.75) is 106 Å². The molecule has 1 aliphatic carbocycles. The Kier molecular flexibility index (Phi) is 5.90. The van der Waals surface area contributed by atoms with Crippen LogP contribution in [0.5, 0.6) is 0 Å². The molecule has 1 aromatic heterocycles. The zero-order valence-corrected chi connectivity index (χ0v) is 23.2. The van der Waals surface area contributed by atoms with Gasteiger partial charge >= 0.3 is 0 Å². The van der Waals surface area contributed by atoms with Gasteiger partial charge in [0, 0.05) is 28.5 Å². The van der Waals surface area contributed by atoms with Crippen LogP contribution in [-0.2, 0) is 21.2 Å². The minimum Gasteiger partial charge on any atom is -0.456 e. The zero-order chi connectivity index (χ0) is 25.4. The average molecular weight is 453 g/mol. The normalized spacial score (nSPS) is 20.3. The van der Waals surface area contributed by atoms with Gasteiger partial charge in [0.15, 0.2) is 11.5 Å². The minimum absolute atomic E-state index is 0.0558. The molecule has 1 aliphatic rings. The van der Waals surface area contributed by atoms with Crippen LogP contribution in [0.1, 0.15) is 117 Å². The standard InChI is InChI=1S/C30H44O3/c1-14-32-30(29(11,12)13)17-21(28(8,9)10)23(31)22-19-15-18(26(2,3)4)16-20(27(5,6)7)24(19)33-25(22)30/h15-17H,14H2,1-13H3/t30-/m1/s1. The van der Waals surface area contributed by atoms with Gasteiger partial charge in [-0.1, -0.05) is 89.2 Å². The molecule has 0 amide bonds. The summed E-state index contributed by atoms with van der Waals surface area (Å²) in [5, 5.41) is 0.913. The summed E-state index contributed by atoms with van der Waals surface area (Å²) in [6, 6.07) is 4.44. The maximum Gasteiger partial charge on any atom is 0.193 e. The number of carbonyl (C=O) groups is 1. The van der Waals surface area contributed by atoms with Gasteiger partial charge in [-0.05, 0) is 40.9 Å². The molecule has 0 fully saturated rings. The molecule has 0 spiro atoms. The third kappa shape index (κ3) is 4.11. The van der Waals surface area contributed by atoms with E-state index in [4.69, 9.17) is 9.15 Å². The number of ether oxygens (including phenoxy) is 1. The highest BCUT2D eigenvalue weighted by atomic mass is 16.5. The summed E-state index contributed by atoms with van der Waals surface area (Å²) >= 11 is 0. The van der Waals surface area contributed by atoms with Gasteiger partial charge < -0.3 is 9.15 Å². The highest BCUT2D eigenvalue weighted by molar-refractivity contribution is 6.19. The van der Waals surface area contributed by atoms with Crippen LogP contribution in [0.3, 0.4) is 0 Å². The van der Waals surface area contributed by atoms with E-state index in [2.05, 4.69) is 101 Å². The molecule has 0 saturated heterocycles. The first-order chi connectivity index (χ1) is 14.8. The lowest BCUT2D eigenvalue weighted by molar-refractivity contribution is -0.0965. The number of benzene rings is 1. The van der Waals surface area contributed by atoms with Crippen LogP contribution in [-0.4, -0.2) is 12.4 Å². The van der Waals surface area contributed by atoms with Crippen molar-refractivity contribution < 1.29 is 13.9 Å². The van der Waals surface area contributed by atoms with Crippen molar-refractivity contribution in [1.82, 2.24) is 0 Å². The Morgan fingerprint density at radius 2 is 1.42 bits per heavy atom. The number of rotatable bonds is 2. The monoisotopic (exact) mass is 452 g/mol. The summed E-state index contributed by atoms with van der Waals surface area (Å²) in [4.78, 5) is 14.1. The molecule has 2 aromatic rings. The summed E-state index contributed by atoms with van der Waals surface area (Å²) < 4.78 is 13.3. The largest absolute Gasteiger partial charge is 0.456 e. The van der Waals surface area contributed by atoms with Gasteiger partial charge in [0.1, 0.15) is 11.2 Å². The molecule has 1 atom stereocenters. The van der Waals surface area contributed by atoms with Gasteiger partial charge in [-0.25, -0.2) is 0 Å². The summed E-state index contributed by atoms with van der Waals surface area (Å²) in [5.41, 5.74) is 2.95. The zero-order valence-electron chi connectivity index (χ0n) is 23.2. The van der Waals surface area contributed by atoms with E-state index in [1.165, 1.54) is 5.56 Å². The molecule has 0 radical (unpaired) electrons. The number of furan rings is 1. The summed E-state index contributed by atoms with van der Waals surface area (Å²) in [6.07, 6.45) is 2.06. The number of Topliss-reactive ketones (excluding diaryl/α,β-unsaturated/α-hetero) is 1. The van der Waals surface area contributed by atoms with Crippen LogP contribution in [0.4, 0.5) is 0 Å². The highest BCUT2D eigenvalue weighted by Gasteiger charge is 2.53. The molecule has 0 N–H and O–H groups in total. The summed E-state index contributed by atoms with van der Waals surface area (Å²) in [5.74, 6) is 0.711. The van der Waals surface area contributed by atoms with E-state index in [1.807, 2.05) is 6.92 Å². The molecule has 0 unspecified atom stereocenters. The number of carbonyl (C=O) groups excluding carboxylic acids is 1. The first-order valence-corrected chi connectivity index (χ1v) is 12.3. The predicted octanol–water partition coefficient (Wildman–Crippen LogP) is 8.47. The van der Waals surface area contributed by atoms with Crippen LogP contribution < -0.4 is 0 Å². The van der Waals surface area contributed by atoms with E-state index in [-0.39, 0.29) is 27.4 Å². The maximum atomic E-state index is 14.1. The Morgan fingerprint density at radius 3 is 1.85 bits per heavy atom. The second kappa shape index (κ2) is 7.57. The first-order valence-electron chi connectivity index (χ1n) is 12.3. The Bertz CT molecular complexity index is 1110. The fraction of sp³-hybridized carbons (Fsp3) is 0.633. The van der Waals surface area contributed by atoms with Gasteiger partial charge in [-0.3, -0.25) is 4.79 Å². The minimum atomic E-state index is -0.830. The molecular formula is C30H44O3. The number of fused-ring (bicyclic) bond motifs is 3. The first kappa shape index (κ1) is 25.7. The molecule has 1 aromatic carbocycles. The van der Waals surface area contributed by atoms with E-state index < -0.39 is 5.60 Å². The third-order valence-electron chi connectivity index (χ3n) is 6.91. The van der Waals surface area contributed by atoms with Gasteiger partial charge in [-0.2, -0.15) is 0 Å². The molecule has 0 saturated carbocycles. The van der Waals surface area contributed by atoms with Crippen molar-refractivity contribution in [2.75, 3.05) is 6.61 Å². The van der Waals surface area contributed by atoms with Crippen molar-refractivity contribution >= 4 is 16.8 Å². The van der Waals surface area contributed by atoms with Gasteiger partial charge in [0.05, 0.1) is 5.56 Å². The van der Waals surface area contributed by atoms with Crippen LogP contribution in [0.2, 0.25) is 0 Å². The van der Waals surface area contributed by atoms with Crippen molar-refractivity contribution in [1.29, 1.82) is 0 Å². The molecule has 182 valence electrons. The van der Waals surface area contributed by atoms with E-state index in [1.54, 1.807) is 0 Å². The molecule has 3 nitrogen and oxygen atoms in total. The lowest BCUT2D eigenvalue weighted by atomic mass is 9.65. The fourth-order valence-corrected chi connectivity index (χ4v) is 4.81. The van der Waals surface area contributed by atoms with Gasteiger partial charge in [-0.15, -0.1) is 0 Å². The number of hydrogen-bond acceptors (Lipinski definition) is 3. The quantitative estimate of drug-likeness (QED) is 0.458. The Labute approximate surface area is 201 Å². The fourth-order valence-electron chi connectivity index (χ4n) is 4.81. The highest BCUT2D eigenvalue weighted by Crippen LogP contribution is 2.54. The molecule has 1 heterocycles. The molecular weight excluding hydrogens is 408 g/mol. The molecule has 0 aliphatic heterocycles. The summed E-state index contributed by atoms with van der Waals surface area (Å²) in [6.45, 7) is 28.6. The maximum absolute atomic E-state index is 14.1. The predicted molar refractivity (Wildman–Crippen MR) is 138 cm³/mol. The second-order valence-corrected chi connectivity index (χ2v) is 13.8. The lowest BCUT2D eigenvalue weighted by Crippen LogP contribution is -2.45. The number of allylic oxidation sites excluding steroid dienone is 1. The van der Waals surface area contributed by atoms with E-state index in [0.717, 1.165) is 22.1 Å². The lowest BCUT2D eigenvalue weighted by Gasteiger charge is -2.44. The Morgan fingerprint density at radius 1 is 0.848 bits per heavy atom. The molecule has 0 bridgehead atoms. The van der Waals surface area contributed by atoms with Crippen LogP contribution >= 0.6 is 0 Å². The molecule has 3 rings (SSSR count). The van der Waals surface area contributed by atoms with E-state index in [9.17, 15) is 4.79 Å². The Hall–Kier alpha value is -1.87. The van der Waals surface area contributed by atoms with Crippen molar-refractivity contribution in [3.05, 3.63) is 46.2 Å². The van der Waals surface area contributed by atoms with Crippen molar-refractivity contribution in [3.8, 4) is 0 Å². The third-order valence-corrected chi connectivity index (χ3v) is 6.91. The Balaban J connectivity index is 2.59. The smallest absolute Gasteiger partial charge is 0.193 e. The van der Waals surface area contributed by atoms with Gasteiger partial charge in [0.2, 0.25) is 0 Å². The topological polar surface area (TPSA) is 39.4 Å². The molecule has 3 heteroatoms. The summed E-state index contributed by atoms with van der Waals surface area (Å²) in [7, 11) is 0. The average Bonchev–Trinajstić information content (AvgIpc) is 3.00. The van der Waals surface area contributed by atoms with E-state index >= 15 is 0 Å². The van der Waals surface area contributed by atoms with Crippen LogP contribution in [0.15, 0.2) is 28.2 Å². The van der Waals surface area contributed by atoms with E-state index in [0.29, 0.717) is 17.9 Å². The molecule has 33 heavy (non-hydrogen) atoms. The van der Waals surface area contributed by atoms with Gasteiger partial charge in [0.25, 0.3) is 0 Å². The SMILES string of the molecule is CCO[C@]1(C(C)(C)C)C=C(C(C)(C)C)C(=O)c2c1oc1c(C(C)(C)C)cc(C(C)(C)C)cc21. The van der Waals surface area contributed by atoms with Crippen molar-refractivity contribution in [3.63, 3.8) is 0 Å².